The number of hydrogen-bond donors (Lipinski definition) is 0. The summed E-state index contributed by atoms with van der Waals surface area (Å²) in [6.07, 6.45) is 2.57. The van der Waals surface area contributed by atoms with Crippen LogP contribution in [0.3, 0.4) is 0 Å². The van der Waals surface area contributed by atoms with Crippen LogP contribution in [-0.2, 0) is 38.1 Å². The van der Waals surface area contributed by atoms with Gasteiger partial charge in [0.2, 0.25) is 0 Å². The van der Waals surface area contributed by atoms with E-state index in [1.807, 2.05) is 44.2 Å². The summed E-state index contributed by atoms with van der Waals surface area (Å²) in [6.45, 7) is 16.7. The SMILES string of the molecule is C=C1[C@@H](OC(=O)/C=C/c2ccccc2)CC[C@]2(C)[C@@H]1C[C@@H]1C[C@H](OC(C)=O)C(C)=C([C@@H](OC(C)=O)[C@@H]2OC(C)=O)C1(C)C. The Morgan fingerprint density at radius 2 is 1.49 bits per heavy atom. The van der Waals surface area contributed by atoms with Crippen molar-refractivity contribution in [1.82, 2.24) is 0 Å². The minimum absolute atomic E-state index is 0.000360. The number of rotatable bonds is 6. The molecule has 4 rings (SSSR count). The molecule has 0 radical (unpaired) electrons. The van der Waals surface area contributed by atoms with Crippen LogP contribution in [0.15, 0.2) is 59.7 Å². The maximum Gasteiger partial charge on any atom is 0.331 e. The van der Waals surface area contributed by atoms with Gasteiger partial charge in [-0.15, -0.1) is 0 Å². The van der Waals surface area contributed by atoms with Gasteiger partial charge in [0.25, 0.3) is 0 Å². The molecule has 2 fully saturated rings. The van der Waals surface area contributed by atoms with Gasteiger partial charge in [0, 0.05) is 32.3 Å². The number of fused-ring (bicyclic) bond motifs is 3. The molecule has 3 aliphatic carbocycles. The second kappa shape index (κ2) is 12.5. The molecule has 7 atom stereocenters. The lowest BCUT2D eigenvalue weighted by Gasteiger charge is -2.58. The Kier molecular flexibility index (Phi) is 9.38. The van der Waals surface area contributed by atoms with E-state index in [2.05, 4.69) is 20.4 Å². The number of carbonyl (C=O) groups is 4. The fraction of sp³-hybridized carbons (Fsp3) is 0.543. The third kappa shape index (κ3) is 6.63. The number of benzene rings is 1. The topological polar surface area (TPSA) is 105 Å². The van der Waals surface area contributed by atoms with Gasteiger partial charge in [-0.25, -0.2) is 4.79 Å². The minimum Gasteiger partial charge on any atom is -0.458 e. The van der Waals surface area contributed by atoms with E-state index in [0.29, 0.717) is 25.7 Å². The number of ether oxygens (including phenoxy) is 4. The van der Waals surface area contributed by atoms with Gasteiger partial charge in [0.05, 0.1) is 0 Å². The first-order valence-corrected chi connectivity index (χ1v) is 15.0. The quantitative estimate of drug-likeness (QED) is 0.168. The summed E-state index contributed by atoms with van der Waals surface area (Å²) < 4.78 is 23.9. The van der Waals surface area contributed by atoms with Crippen molar-refractivity contribution >= 4 is 30.0 Å². The van der Waals surface area contributed by atoms with Crippen molar-refractivity contribution in [3.05, 3.63) is 65.3 Å². The first-order valence-electron chi connectivity index (χ1n) is 15.0. The smallest absolute Gasteiger partial charge is 0.331 e. The van der Waals surface area contributed by atoms with Gasteiger partial charge in [-0.1, -0.05) is 57.7 Å². The van der Waals surface area contributed by atoms with E-state index in [-0.39, 0.29) is 11.8 Å². The molecule has 43 heavy (non-hydrogen) atoms. The van der Waals surface area contributed by atoms with Crippen molar-refractivity contribution in [2.24, 2.45) is 22.7 Å². The lowest BCUT2D eigenvalue weighted by atomic mass is 9.50. The highest BCUT2D eigenvalue weighted by atomic mass is 16.6. The van der Waals surface area contributed by atoms with Crippen LogP contribution < -0.4 is 0 Å². The highest BCUT2D eigenvalue weighted by Gasteiger charge is 2.60. The Morgan fingerprint density at radius 1 is 0.860 bits per heavy atom. The molecule has 0 saturated heterocycles. The number of hydrogen-bond acceptors (Lipinski definition) is 8. The van der Waals surface area contributed by atoms with Crippen molar-refractivity contribution in [3.8, 4) is 0 Å². The molecule has 0 heterocycles. The van der Waals surface area contributed by atoms with Crippen LogP contribution >= 0.6 is 0 Å². The van der Waals surface area contributed by atoms with Gasteiger partial charge in [-0.2, -0.15) is 0 Å². The molecular formula is C35H44O8. The lowest BCUT2D eigenvalue weighted by molar-refractivity contribution is -0.187. The van der Waals surface area contributed by atoms with Crippen molar-refractivity contribution in [2.45, 2.75) is 98.6 Å². The molecule has 3 aliphatic rings. The Hall–Kier alpha value is -3.68. The second-order valence-corrected chi connectivity index (χ2v) is 13.0. The Balaban J connectivity index is 1.77. The second-order valence-electron chi connectivity index (χ2n) is 13.0. The Labute approximate surface area is 254 Å². The molecule has 0 unspecified atom stereocenters. The van der Waals surface area contributed by atoms with Crippen molar-refractivity contribution in [2.75, 3.05) is 0 Å². The summed E-state index contributed by atoms with van der Waals surface area (Å²) in [5.41, 5.74) is 2.08. The third-order valence-corrected chi connectivity index (χ3v) is 9.82. The van der Waals surface area contributed by atoms with Crippen molar-refractivity contribution in [3.63, 3.8) is 0 Å². The molecule has 2 bridgehead atoms. The molecular weight excluding hydrogens is 548 g/mol. The highest BCUT2D eigenvalue weighted by Crippen LogP contribution is 2.60. The third-order valence-electron chi connectivity index (χ3n) is 9.82. The van der Waals surface area contributed by atoms with Gasteiger partial charge in [-0.05, 0) is 78.2 Å². The van der Waals surface area contributed by atoms with Crippen LogP contribution in [0.1, 0.15) is 79.7 Å². The van der Waals surface area contributed by atoms with Gasteiger partial charge in [0.1, 0.15) is 18.3 Å². The first kappa shape index (κ1) is 32.2. The van der Waals surface area contributed by atoms with E-state index >= 15 is 0 Å². The fourth-order valence-corrected chi connectivity index (χ4v) is 7.66. The van der Waals surface area contributed by atoms with Crippen LogP contribution in [-0.4, -0.2) is 48.3 Å². The van der Waals surface area contributed by atoms with Crippen molar-refractivity contribution < 1.29 is 38.1 Å². The van der Waals surface area contributed by atoms with E-state index < -0.39 is 59.1 Å². The van der Waals surface area contributed by atoms with E-state index in [4.69, 9.17) is 18.9 Å². The maximum atomic E-state index is 12.9. The van der Waals surface area contributed by atoms with Gasteiger partial charge >= 0.3 is 23.9 Å². The molecule has 0 aromatic heterocycles. The molecule has 2 saturated carbocycles. The highest BCUT2D eigenvalue weighted by molar-refractivity contribution is 5.87. The van der Waals surface area contributed by atoms with E-state index in [1.165, 1.54) is 26.8 Å². The number of carbonyl (C=O) groups excluding carboxylic acids is 4. The molecule has 1 aromatic rings. The maximum absolute atomic E-state index is 12.9. The summed E-state index contributed by atoms with van der Waals surface area (Å²) >= 11 is 0. The molecule has 0 N–H and O–H groups in total. The largest absolute Gasteiger partial charge is 0.458 e. The Bertz CT molecular complexity index is 1340. The normalized spacial score (nSPS) is 31.7. The van der Waals surface area contributed by atoms with Crippen LogP contribution in [0, 0.1) is 22.7 Å². The van der Waals surface area contributed by atoms with E-state index in [1.54, 1.807) is 6.08 Å². The monoisotopic (exact) mass is 592 g/mol. The first-order chi connectivity index (χ1) is 20.1. The molecule has 232 valence electrons. The summed E-state index contributed by atoms with van der Waals surface area (Å²) in [4.78, 5) is 50.2. The fourth-order valence-electron chi connectivity index (χ4n) is 7.66. The summed E-state index contributed by atoms with van der Waals surface area (Å²) in [6, 6.07) is 9.50. The zero-order valence-corrected chi connectivity index (χ0v) is 26.3. The van der Waals surface area contributed by atoms with Crippen LogP contribution in [0.5, 0.6) is 0 Å². The average molecular weight is 593 g/mol. The summed E-state index contributed by atoms with van der Waals surface area (Å²) in [5, 5.41) is 0. The standard InChI is InChI=1S/C35H44O8/c1-20-27-18-26-19-29(40-22(3)36)21(2)31(34(26,6)7)32(41-23(4)37)33(42-24(5)38)35(27,8)17-16-28(20)43-30(39)15-14-25-12-10-9-11-13-25/h9-15,26-29,32-33H,1,16-19H2,2-8H3/b15-14+/t26-,27-,28+,29+,32-,33+,35-/m1/s1. The summed E-state index contributed by atoms with van der Waals surface area (Å²) in [5.74, 6) is -2.11. The molecule has 8 heteroatoms. The van der Waals surface area contributed by atoms with Crippen LogP contribution in [0.2, 0.25) is 0 Å². The average Bonchev–Trinajstić information content (AvgIpc) is 2.91. The van der Waals surface area contributed by atoms with Crippen molar-refractivity contribution in [1.29, 1.82) is 0 Å². The van der Waals surface area contributed by atoms with Crippen LogP contribution in [0.4, 0.5) is 0 Å². The molecule has 0 spiro atoms. The molecule has 0 aliphatic heterocycles. The zero-order valence-electron chi connectivity index (χ0n) is 26.3. The summed E-state index contributed by atoms with van der Waals surface area (Å²) in [7, 11) is 0. The molecule has 1 aromatic carbocycles. The predicted molar refractivity (Wildman–Crippen MR) is 161 cm³/mol. The molecule has 0 amide bonds. The van der Waals surface area contributed by atoms with Gasteiger partial charge in [-0.3, -0.25) is 14.4 Å². The Morgan fingerprint density at radius 3 is 2.09 bits per heavy atom. The number of esters is 4. The van der Waals surface area contributed by atoms with Crippen LogP contribution in [0.25, 0.3) is 6.08 Å². The molecule has 8 nitrogen and oxygen atoms in total. The van der Waals surface area contributed by atoms with E-state index in [9.17, 15) is 19.2 Å². The van der Waals surface area contributed by atoms with Gasteiger partial charge < -0.3 is 18.9 Å². The minimum atomic E-state index is -0.897. The predicted octanol–water partition coefficient (Wildman–Crippen LogP) is 6.15. The van der Waals surface area contributed by atoms with E-state index in [0.717, 1.165) is 22.3 Å². The van der Waals surface area contributed by atoms with Gasteiger partial charge in [0.15, 0.2) is 6.10 Å². The lowest BCUT2D eigenvalue weighted by Crippen LogP contribution is -2.59. The zero-order chi connectivity index (χ0) is 31.7.